The number of carbonyl (C=O) groups is 2. The van der Waals surface area contributed by atoms with E-state index >= 15 is 0 Å². The molecule has 0 bridgehead atoms. The zero-order valence-electron chi connectivity index (χ0n) is 9.82. The fourth-order valence-electron chi connectivity index (χ4n) is 1.28. The molecule has 0 radical (unpaired) electrons. The van der Waals surface area contributed by atoms with Gasteiger partial charge in [-0.05, 0) is 12.3 Å². The number of aliphatic carboxylic acids is 1. The minimum atomic E-state index is -0.877. The number of carboxylic acids is 1. The first kappa shape index (κ1) is 14.5. The molecule has 1 atom stereocenters. The normalized spacial score (nSPS) is 11.9. The van der Waals surface area contributed by atoms with E-state index in [0.29, 0.717) is 18.9 Å². The molecule has 0 spiro atoms. The molecule has 5 nitrogen and oxygen atoms in total. The molecule has 0 saturated heterocycles. The maximum Gasteiger partial charge on any atom is 0.315 e. The molecule has 0 aliphatic heterocycles. The van der Waals surface area contributed by atoms with Gasteiger partial charge >= 0.3 is 12.0 Å². The van der Waals surface area contributed by atoms with Crippen LogP contribution >= 0.6 is 0 Å². The predicted molar refractivity (Wildman–Crippen MR) is 62.2 cm³/mol. The summed E-state index contributed by atoms with van der Waals surface area (Å²) in [7, 11) is 0. The molecular weight excluding hydrogens is 208 g/mol. The Hall–Kier alpha value is -1.52. The smallest absolute Gasteiger partial charge is 0.315 e. The molecule has 92 valence electrons. The van der Waals surface area contributed by atoms with Gasteiger partial charge in [0.25, 0.3) is 0 Å². The summed E-state index contributed by atoms with van der Waals surface area (Å²) in [5.74, 6) is -1.12. The van der Waals surface area contributed by atoms with Gasteiger partial charge in [-0.2, -0.15) is 0 Å². The van der Waals surface area contributed by atoms with Crippen molar-refractivity contribution in [1.29, 1.82) is 0 Å². The van der Waals surface area contributed by atoms with Crippen molar-refractivity contribution in [2.24, 2.45) is 11.8 Å². The van der Waals surface area contributed by atoms with Crippen molar-refractivity contribution in [3.8, 4) is 0 Å². The molecule has 16 heavy (non-hydrogen) atoms. The second-order valence-electron chi connectivity index (χ2n) is 4.04. The van der Waals surface area contributed by atoms with Crippen molar-refractivity contribution in [2.45, 2.75) is 20.3 Å². The molecule has 0 aliphatic rings. The predicted octanol–water partition coefficient (Wildman–Crippen LogP) is 1.22. The van der Waals surface area contributed by atoms with Gasteiger partial charge in [0, 0.05) is 13.1 Å². The highest BCUT2D eigenvalue weighted by Crippen LogP contribution is 2.10. The number of hydrogen-bond acceptors (Lipinski definition) is 2. The number of carboxylic acid groups (broad SMARTS) is 1. The fourth-order valence-corrected chi connectivity index (χ4v) is 1.28. The first-order valence-corrected chi connectivity index (χ1v) is 5.32. The van der Waals surface area contributed by atoms with E-state index < -0.39 is 11.9 Å². The van der Waals surface area contributed by atoms with Gasteiger partial charge in [0.2, 0.25) is 0 Å². The van der Waals surface area contributed by atoms with Crippen molar-refractivity contribution >= 4 is 12.0 Å². The van der Waals surface area contributed by atoms with Crippen LogP contribution in [0.4, 0.5) is 4.79 Å². The van der Waals surface area contributed by atoms with E-state index in [-0.39, 0.29) is 12.6 Å². The molecule has 0 aromatic rings. The molecule has 0 fully saturated rings. The van der Waals surface area contributed by atoms with Crippen LogP contribution in [0.3, 0.4) is 0 Å². The molecule has 0 heterocycles. The Morgan fingerprint density at radius 1 is 1.38 bits per heavy atom. The molecule has 3 N–H and O–H groups in total. The Morgan fingerprint density at radius 3 is 2.44 bits per heavy atom. The van der Waals surface area contributed by atoms with Crippen molar-refractivity contribution in [1.82, 2.24) is 10.6 Å². The summed E-state index contributed by atoms with van der Waals surface area (Å²) in [4.78, 5) is 22.0. The average molecular weight is 228 g/mol. The van der Waals surface area contributed by atoms with Gasteiger partial charge < -0.3 is 15.7 Å². The lowest BCUT2D eigenvalue weighted by atomic mass is 9.97. The monoisotopic (exact) mass is 228 g/mol. The molecule has 5 heteroatoms. The quantitative estimate of drug-likeness (QED) is 0.573. The second kappa shape index (κ2) is 7.73. The Morgan fingerprint density at radius 2 is 2.00 bits per heavy atom. The zero-order chi connectivity index (χ0) is 12.6. The number of hydrogen-bond donors (Lipinski definition) is 3. The van der Waals surface area contributed by atoms with Gasteiger partial charge in [-0.25, -0.2) is 4.79 Å². The third kappa shape index (κ3) is 6.86. The lowest BCUT2D eigenvalue weighted by Gasteiger charge is -2.15. The highest BCUT2D eigenvalue weighted by atomic mass is 16.4. The van der Waals surface area contributed by atoms with Crippen molar-refractivity contribution in [3.63, 3.8) is 0 Å². The van der Waals surface area contributed by atoms with Crippen LogP contribution in [0.1, 0.15) is 20.3 Å². The van der Waals surface area contributed by atoms with Crippen molar-refractivity contribution in [2.75, 3.05) is 13.1 Å². The number of nitrogens with one attached hydrogen (secondary N) is 2. The van der Waals surface area contributed by atoms with E-state index in [2.05, 4.69) is 17.2 Å². The Balaban J connectivity index is 3.96. The summed E-state index contributed by atoms with van der Waals surface area (Å²) in [5, 5.41) is 14.0. The summed E-state index contributed by atoms with van der Waals surface area (Å²) in [6.07, 6.45) is 2.11. The van der Waals surface area contributed by atoms with Gasteiger partial charge in [0.1, 0.15) is 0 Å². The molecular formula is C11H20N2O3. The molecule has 0 saturated carbocycles. The number of urea groups is 1. The topological polar surface area (TPSA) is 78.4 Å². The first-order chi connectivity index (χ1) is 7.47. The Labute approximate surface area is 95.9 Å². The molecule has 0 aliphatic carbocycles. The number of carbonyl (C=O) groups excluding carboxylic acids is 1. The second-order valence-corrected chi connectivity index (χ2v) is 4.04. The summed E-state index contributed by atoms with van der Waals surface area (Å²) in [5.41, 5.74) is 0. The highest BCUT2D eigenvalue weighted by Gasteiger charge is 2.19. The van der Waals surface area contributed by atoms with Crippen LogP contribution in [0.15, 0.2) is 12.7 Å². The van der Waals surface area contributed by atoms with E-state index in [9.17, 15) is 9.59 Å². The largest absolute Gasteiger partial charge is 0.481 e. The van der Waals surface area contributed by atoms with Crippen LogP contribution in [0.2, 0.25) is 0 Å². The van der Waals surface area contributed by atoms with E-state index in [1.807, 2.05) is 13.8 Å². The van der Waals surface area contributed by atoms with E-state index in [4.69, 9.17) is 5.11 Å². The van der Waals surface area contributed by atoms with Gasteiger partial charge in [0.15, 0.2) is 0 Å². The fraction of sp³-hybridized carbons (Fsp3) is 0.636. The standard InChI is InChI=1S/C11H20N2O3/c1-4-5-12-11(16)13-7-9(10(14)15)6-8(2)3/h4,8-9H,1,5-7H2,2-3H3,(H,14,15)(H2,12,13,16). The maximum atomic E-state index is 11.2. The minimum Gasteiger partial charge on any atom is -0.481 e. The summed E-state index contributed by atoms with van der Waals surface area (Å²) < 4.78 is 0. The lowest BCUT2D eigenvalue weighted by Crippen LogP contribution is -2.40. The minimum absolute atomic E-state index is 0.149. The van der Waals surface area contributed by atoms with E-state index in [0.717, 1.165) is 0 Å². The summed E-state index contributed by atoms with van der Waals surface area (Å²) in [6, 6.07) is -0.366. The lowest BCUT2D eigenvalue weighted by molar-refractivity contribution is -0.142. The summed E-state index contributed by atoms with van der Waals surface area (Å²) >= 11 is 0. The molecule has 0 aromatic heterocycles. The van der Waals surface area contributed by atoms with Crippen LogP contribution in [-0.2, 0) is 4.79 Å². The van der Waals surface area contributed by atoms with Gasteiger partial charge in [-0.3, -0.25) is 4.79 Å². The molecule has 2 amide bonds. The van der Waals surface area contributed by atoms with E-state index in [1.54, 1.807) is 6.08 Å². The number of rotatable bonds is 7. The van der Waals surface area contributed by atoms with Gasteiger partial charge in [-0.15, -0.1) is 6.58 Å². The van der Waals surface area contributed by atoms with Crippen LogP contribution in [0.5, 0.6) is 0 Å². The van der Waals surface area contributed by atoms with Crippen molar-refractivity contribution in [3.05, 3.63) is 12.7 Å². The SMILES string of the molecule is C=CCNC(=O)NCC(CC(C)C)C(=O)O. The van der Waals surface area contributed by atoms with Crippen LogP contribution in [-0.4, -0.2) is 30.2 Å². The molecule has 1 unspecified atom stereocenters. The average Bonchev–Trinajstić information content (AvgIpc) is 2.20. The van der Waals surface area contributed by atoms with Gasteiger partial charge in [0.05, 0.1) is 5.92 Å². The van der Waals surface area contributed by atoms with Crippen LogP contribution in [0, 0.1) is 11.8 Å². The Kier molecular flexibility index (Phi) is 7.00. The number of amides is 2. The van der Waals surface area contributed by atoms with Crippen molar-refractivity contribution < 1.29 is 14.7 Å². The van der Waals surface area contributed by atoms with Crippen LogP contribution < -0.4 is 10.6 Å². The van der Waals surface area contributed by atoms with E-state index in [1.165, 1.54) is 0 Å². The van der Waals surface area contributed by atoms with Crippen LogP contribution in [0.25, 0.3) is 0 Å². The maximum absolute atomic E-state index is 11.2. The third-order valence-corrected chi connectivity index (χ3v) is 2.02. The molecule has 0 rings (SSSR count). The van der Waals surface area contributed by atoms with Gasteiger partial charge in [-0.1, -0.05) is 19.9 Å². The summed E-state index contributed by atoms with van der Waals surface area (Å²) in [6.45, 7) is 7.88. The Bertz CT molecular complexity index is 252. The zero-order valence-corrected chi connectivity index (χ0v) is 9.82. The highest BCUT2D eigenvalue weighted by molar-refractivity contribution is 5.75. The first-order valence-electron chi connectivity index (χ1n) is 5.32. The third-order valence-electron chi connectivity index (χ3n) is 2.02. The molecule has 0 aromatic carbocycles.